The van der Waals surface area contributed by atoms with Crippen molar-refractivity contribution in [3.8, 4) is 89.5 Å². The summed E-state index contributed by atoms with van der Waals surface area (Å²) >= 11 is 0. The second-order valence-electron chi connectivity index (χ2n) is 17.6. The van der Waals surface area contributed by atoms with Gasteiger partial charge in [0.15, 0.2) is 5.82 Å². The van der Waals surface area contributed by atoms with Gasteiger partial charge in [0.25, 0.3) is 0 Å². The van der Waals surface area contributed by atoms with E-state index in [9.17, 15) is 0 Å². The Bertz CT molecular complexity index is 3520. The fourth-order valence-electron chi connectivity index (χ4n) is 10.4. The Kier molecular flexibility index (Phi) is 9.21. The number of fused-ring (bicyclic) bond motifs is 5. The highest BCUT2D eigenvalue weighted by molar-refractivity contribution is 6.10. The molecule has 2 nitrogen and oxygen atoms in total. The van der Waals surface area contributed by atoms with Crippen LogP contribution in [0.1, 0.15) is 25.0 Å². The molecule has 10 aromatic carbocycles. The Balaban J connectivity index is 1.06. The molecule has 0 radical (unpaired) electrons. The molecule has 1 aliphatic rings. The van der Waals surface area contributed by atoms with Crippen molar-refractivity contribution in [1.82, 2.24) is 9.97 Å². The van der Waals surface area contributed by atoms with E-state index in [0.717, 1.165) is 61.5 Å². The smallest absolute Gasteiger partial charge is 0.161 e. The largest absolute Gasteiger partial charge is 0.228 e. The number of benzene rings is 10. The average molecular weight is 829 g/mol. The molecule has 1 aromatic heterocycles. The predicted octanol–water partition coefficient (Wildman–Crippen LogP) is 16.8. The molecular weight excluding hydrogens is 785 g/mol. The zero-order valence-electron chi connectivity index (χ0n) is 36.3. The molecule has 65 heavy (non-hydrogen) atoms. The van der Waals surface area contributed by atoms with Gasteiger partial charge in [-0.05, 0) is 107 Å². The van der Waals surface area contributed by atoms with Crippen molar-refractivity contribution >= 4 is 21.5 Å². The van der Waals surface area contributed by atoms with Gasteiger partial charge in [-0.15, -0.1) is 0 Å². The van der Waals surface area contributed by atoms with Crippen LogP contribution in [0.3, 0.4) is 0 Å². The maximum Gasteiger partial charge on any atom is 0.161 e. The van der Waals surface area contributed by atoms with Crippen LogP contribution in [0, 0.1) is 0 Å². The van der Waals surface area contributed by atoms with Gasteiger partial charge in [-0.2, -0.15) is 0 Å². The third kappa shape index (κ3) is 6.49. The minimum absolute atomic E-state index is 0.129. The highest BCUT2D eigenvalue weighted by atomic mass is 14.9. The Labute approximate surface area is 380 Å². The van der Waals surface area contributed by atoms with Crippen LogP contribution in [0.15, 0.2) is 231 Å². The summed E-state index contributed by atoms with van der Waals surface area (Å²) in [4.78, 5) is 11.0. The van der Waals surface area contributed by atoms with E-state index < -0.39 is 0 Å². The van der Waals surface area contributed by atoms with Gasteiger partial charge in [-0.3, -0.25) is 0 Å². The third-order valence-electron chi connectivity index (χ3n) is 13.5. The van der Waals surface area contributed by atoms with Crippen LogP contribution in [0.4, 0.5) is 0 Å². The van der Waals surface area contributed by atoms with E-state index in [0.29, 0.717) is 5.82 Å². The van der Waals surface area contributed by atoms with E-state index in [1.165, 1.54) is 54.9 Å². The van der Waals surface area contributed by atoms with Gasteiger partial charge in [0.2, 0.25) is 0 Å². The highest BCUT2D eigenvalue weighted by Gasteiger charge is 2.37. The van der Waals surface area contributed by atoms with Gasteiger partial charge >= 0.3 is 0 Å². The summed E-state index contributed by atoms with van der Waals surface area (Å²) in [5, 5.41) is 4.95. The van der Waals surface area contributed by atoms with E-state index in [1.807, 2.05) is 0 Å². The summed E-state index contributed by atoms with van der Waals surface area (Å²) in [6, 6.07) is 83.2. The molecule has 0 bridgehead atoms. The first kappa shape index (κ1) is 38.5. The fourth-order valence-corrected chi connectivity index (χ4v) is 10.4. The Morgan fingerprint density at radius 3 is 1.32 bits per heavy atom. The summed E-state index contributed by atoms with van der Waals surface area (Å²) in [5.74, 6) is 0.680. The van der Waals surface area contributed by atoms with Gasteiger partial charge in [-0.1, -0.05) is 226 Å². The average Bonchev–Trinajstić information content (AvgIpc) is 3.60. The molecule has 0 amide bonds. The lowest BCUT2D eigenvalue weighted by molar-refractivity contribution is 0.661. The zero-order valence-corrected chi connectivity index (χ0v) is 36.3. The molecule has 0 unspecified atom stereocenters. The molecular formula is C63H44N2. The number of rotatable bonds is 7. The molecule has 0 saturated carbocycles. The molecule has 11 aromatic rings. The molecule has 12 rings (SSSR count). The topological polar surface area (TPSA) is 25.8 Å². The normalized spacial score (nSPS) is 12.6. The summed E-state index contributed by atoms with van der Waals surface area (Å²) in [5.41, 5.74) is 19.4. The molecule has 0 N–H and O–H groups in total. The summed E-state index contributed by atoms with van der Waals surface area (Å²) in [6.07, 6.45) is 0. The fraction of sp³-hybridized carbons (Fsp3) is 0.0476. The Morgan fingerprint density at radius 2 is 0.738 bits per heavy atom. The number of hydrogen-bond acceptors (Lipinski definition) is 2. The van der Waals surface area contributed by atoms with Gasteiger partial charge in [0.05, 0.1) is 11.4 Å². The highest BCUT2D eigenvalue weighted by Crippen LogP contribution is 2.54. The Morgan fingerprint density at radius 1 is 0.292 bits per heavy atom. The first-order chi connectivity index (χ1) is 32.0. The Hall–Kier alpha value is -8.20. The summed E-state index contributed by atoms with van der Waals surface area (Å²) in [6.45, 7) is 4.74. The second-order valence-corrected chi connectivity index (χ2v) is 17.6. The standard InChI is InChI=1S/C63H44N2/c1-63(2)57-35-19-34-54(61(57)56-38-43-24-9-10-25-44(43)39-58(56)63)51-37-36-50(47-28-13-14-29-48(47)51)49-30-15-18-33-55(49)62-64-59(52-31-16-11-26-45(52)41-20-5-3-6-21-41)40-60(65-62)53-32-17-12-27-46(53)42-22-7-4-8-23-42/h3-40H,1-2H3. The molecule has 0 fully saturated rings. The molecule has 306 valence electrons. The van der Waals surface area contributed by atoms with Crippen LogP contribution < -0.4 is 0 Å². The molecule has 0 saturated heterocycles. The second kappa shape index (κ2) is 15.6. The summed E-state index contributed by atoms with van der Waals surface area (Å²) in [7, 11) is 0. The lowest BCUT2D eigenvalue weighted by atomic mass is 9.81. The van der Waals surface area contributed by atoms with Crippen LogP contribution in [-0.4, -0.2) is 9.97 Å². The van der Waals surface area contributed by atoms with Crippen molar-refractivity contribution in [2.75, 3.05) is 0 Å². The van der Waals surface area contributed by atoms with Crippen LogP contribution in [-0.2, 0) is 5.41 Å². The predicted molar refractivity (Wildman–Crippen MR) is 273 cm³/mol. The lowest BCUT2D eigenvalue weighted by Crippen LogP contribution is -2.14. The molecule has 2 heteroatoms. The molecule has 0 spiro atoms. The first-order valence-electron chi connectivity index (χ1n) is 22.5. The first-order valence-corrected chi connectivity index (χ1v) is 22.5. The molecule has 1 aliphatic carbocycles. The van der Waals surface area contributed by atoms with Crippen molar-refractivity contribution in [1.29, 1.82) is 0 Å². The van der Waals surface area contributed by atoms with E-state index in [2.05, 4.69) is 244 Å². The quantitative estimate of drug-likeness (QED) is 0.160. The number of aromatic nitrogens is 2. The van der Waals surface area contributed by atoms with E-state index in [-0.39, 0.29) is 5.41 Å². The van der Waals surface area contributed by atoms with E-state index in [1.54, 1.807) is 0 Å². The third-order valence-corrected chi connectivity index (χ3v) is 13.5. The van der Waals surface area contributed by atoms with Crippen molar-refractivity contribution < 1.29 is 0 Å². The monoisotopic (exact) mass is 828 g/mol. The van der Waals surface area contributed by atoms with Crippen molar-refractivity contribution in [2.24, 2.45) is 0 Å². The van der Waals surface area contributed by atoms with Gasteiger partial charge in [0.1, 0.15) is 0 Å². The van der Waals surface area contributed by atoms with Crippen molar-refractivity contribution in [3.63, 3.8) is 0 Å². The molecule has 0 aliphatic heterocycles. The zero-order chi connectivity index (χ0) is 43.5. The lowest BCUT2D eigenvalue weighted by Gasteiger charge is -2.22. The van der Waals surface area contributed by atoms with Gasteiger partial charge in [0, 0.05) is 22.1 Å². The van der Waals surface area contributed by atoms with Gasteiger partial charge in [-0.25, -0.2) is 9.97 Å². The van der Waals surface area contributed by atoms with Crippen molar-refractivity contribution in [2.45, 2.75) is 19.3 Å². The van der Waals surface area contributed by atoms with E-state index >= 15 is 0 Å². The minimum atomic E-state index is -0.129. The van der Waals surface area contributed by atoms with E-state index in [4.69, 9.17) is 9.97 Å². The maximum atomic E-state index is 5.50. The van der Waals surface area contributed by atoms with Crippen LogP contribution in [0.25, 0.3) is 111 Å². The van der Waals surface area contributed by atoms with Crippen LogP contribution in [0.2, 0.25) is 0 Å². The number of nitrogens with zero attached hydrogens (tertiary/aromatic N) is 2. The summed E-state index contributed by atoms with van der Waals surface area (Å²) < 4.78 is 0. The molecule has 1 heterocycles. The van der Waals surface area contributed by atoms with Gasteiger partial charge < -0.3 is 0 Å². The van der Waals surface area contributed by atoms with Crippen LogP contribution >= 0.6 is 0 Å². The van der Waals surface area contributed by atoms with Crippen molar-refractivity contribution in [3.05, 3.63) is 242 Å². The van der Waals surface area contributed by atoms with Crippen LogP contribution in [0.5, 0.6) is 0 Å². The maximum absolute atomic E-state index is 5.50. The molecule has 0 atom stereocenters. The number of hydrogen-bond donors (Lipinski definition) is 0. The SMILES string of the molecule is CC1(C)c2cc3ccccc3cc2-c2c(-c3ccc(-c4ccccc4-c4nc(-c5ccccc5-c5ccccc5)cc(-c5ccccc5-c5ccccc5)n4)c4ccccc34)cccc21. The minimum Gasteiger partial charge on any atom is -0.228 e.